The van der Waals surface area contributed by atoms with Crippen LogP contribution in [0.2, 0.25) is 0 Å². The predicted octanol–water partition coefficient (Wildman–Crippen LogP) is 4.57. The zero-order valence-corrected chi connectivity index (χ0v) is 15.0. The summed E-state index contributed by atoms with van der Waals surface area (Å²) in [5.41, 5.74) is 0. The van der Waals surface area contributed by atoms with E-state index in [1.807, 2.05) is 12.1 Å². The molecular formula is C12H8I2O2S2. The van der Waals surface area contributed by atoms with E-state index >= 15 is 0 Å². The Morgan fingerprint density at radius 1 is 0.833 bits per heavy atom. The first-order chi connectivity index (χ1) is 8.54. The van der Waals surface area contributed by atoms with Gasteiger partial charge in [0.15, 0.2) is 0 Å². The smallest absolute Gasteiger partial charge is 0.206 e. The molecule has 0 saturated heterocycles. The molecule has 18 heavy (non-hydrogen) atoms. The van der Waals surface area contributed by atoms with E-state index in [2.05, 4.69) is 43.8 Å². The lowest BCUT2D eigenvalue weighted by Crippen LogP contribution is -2.01. The Hall–Kier alpha value is 0.200. The summed E-state index contributed by atoms with van der Waals surface area (Å²) in [7, 11) is -1.84. The summed E-state index contributed by atoms with van der Waals surface area (Å²) in [5, 5.41) is 0. The van der Waals surface area contributed by atoms with Gasteiger partial charge in [0, 0.05) is 29.7 Å². The van der Waals surface area contributed by atoms with Crippen LogP contribution in [0.4, 0.5) is 0 Å². The van der Waals surface area contributed by atoms with E-state index in [0.29, 0.717) is 9.79 Å². The fraction of sp³-hybridized carbons (Fsp3) is 0. The first kappa shape index (κ1) is 14.6. The maximum Gasteiger partial charge on any atom is 0.206 e. The lowest BCUT2D eigenvalue weighted by Gasteiger charge is -2.05. The molecule has 2 aromatic rings. The summed E-state index contributed by atoms with van der Waals surface area (Å²) in [6.07, 6.45) is 0. The van der Waals surface area contributed by atoms with Crippen LogP contribution in [0.1, 0.15) is 0 Å². The Kier molecular flexibility index (Phi) is 4.95. The first-order valence-electron chi connectivity index (χ1n) is 4.93. The number of halogens is 2. The monoisotopic (exact) mass is 502 g/mol. The van der Waals surface area contributed by atoms with Crippen molar-refractivity contribution >= 4 is 62.6 Å². The molecule has 2 rings (SSSR count). The fourth-order valence-corrected chi connectivity index (χ4v) is 4.16. The summed E-state index contributed by atoms with van der Waals surface area (Å²) in [4.78, 5) is 1.70. The molecule has 0 aromatic heterocycles. The molecule has 94 valence electrons. The molecular weight excluding hydrogens is 494 g/mol. The first-order valence-corrected chi connectivity index (χ1v) is 10.9. The van der Waals surface area contributed by atoms with E-state index in [1.165, 1.54) is 0 Å². The van der Waals surface area contributed by atoms with Crippen molar-refractivity contribution in [2.45, 2.75) is 14.7 Å². The highest BCUT2D eigenvalue weighted by molar-refractivity contribution is 14.2. The zero-order chi connectivity index (χ0) is 13.2. The summed E-state index contributed by atoms with van der Waals surface area (Å²) in [6.45, 7) is 0. The largest absolute Gasteiger partial charge is 0.219 e. The Morgan fingerprint density at radius 3 is 1.72 bits per heavy atom. The lowest BCUT2D eigenvalue weighted by molar-refractivity contribution is 0.596. The maximum absolute atomic E-state index is 12.3. The quantitative estimate of drug-likeness (QED) is 0.578. The van der Waals surface area contributed by atoms with Crippen molar-refractivity contribution in [3.05, 3.63) is 52.1 Å². The number of benzene rings is 2. The van der Waals surface area contributed by atoms with E-state index < -0.39 is 9.84 Å². The minimum absolute atomic E-state index is 0.331. The van der Waals surface area contributed by atoms with Crippen molar-refractivity contribution in [1.29, 1.82) is 0 Å². The topological polar surface area (TPSA) is 34.1 Å². The second kappa shape index (κ2) is 6.10. The van der Waals surface area contributed by atoms with Crippen molar-refractivity contribution in [3.8, 4) is 0 Å². The number of rotatable bonds is 3. The van der Waals surface area contributed by atoms with Gasteiger partial charge in [0.05, 0.1) is 9.79 Å². The van der Waals surface area contributed by atoms with Gasteiger partial charge in [-0.3, -0.25) is 0 Å². The van der Waals surface area contributed by atoms with Gasteiger partial charge >= 0.3 is 0 Å². The Bertz CT molecular complexity index is 635. The van der Waals surface area contributed by atoms with Crippen LogP contribution in [0, 0.1) is 3.57 Å². The molecule has 0 aliphatic heterocycles. The van der Waals surface area contributed by atoms with Crippen LogP contribution in [0.15, 0.2) is 63.2 Å². The maximum atomic E-state index is 12.3. The van der Waals surface area contributed by atoms with E-state index in [1.54, 1.807) is 45.3 Å². The van der Waals surface area contributed by atoms with Gasteiger partial charge in [-0.2, -0.15) is 0 Å². The SMILES string of the molecule is O=S(=O)(c1ccc(I)cc1)c1ccc(SI)cc1. The number of sulfone groups is 1. The lowest BCUT2D eigenvalue weighted by atomic mass is 10.4. The van der Waals surface area contributed by atoms with E-state index in [4.69, 9.17) is 0 Å². The molecule has 0 fully saturated rings. The van der Waals surface area contributed by atoms with Crippen molar-refractivity contribution in [2.75, 3.05) is 0 Å². The minimum Gasteiger partial charge on any atom is -0.219 e. The molecule has 0 unspecified atom stereocenters. The van der Waals surface area contributed by atoms with E-state index in [-0.39, 0.29) is 0 Å². The molecule has 0 radical (unpaired) electrons. The molecule has 0 N–H and O–H groups in total. The van der Waals surface area contributed by atoms with Crippen LogP contribution in [-0.4, -0.2) is 8.42 Å². The molecule has 2 nitrogen and oxygen atoms in total. The molecule has 2 aromatic carbocycles. The third kappa shape index (κ3) is 3.20. The minimum atomic E-state index is -3.40. The summed E-state index contributed by atoms with van der Waals surface area (Å²) >= 11 is 4.32. The normalized spacial score (nSPS) is 11.4. The zero-order valence-electron chi connectivity index (χ0n) is 9.01. The van der Waals surface area contributed by atoms with Gasteiger partial charge < -0.3 is 0 Å². The van der Waals surface area contributed by atoms with Crippen LogP contribution in [0.25, 0.3) is 0 Å². The fourth-order valence-electron chi connectivity index (χ4n) is 1.42. The summed E-state index contributed by atoms with van der Waals surface area (Å²) in [6, 6.07) is 13.8. The van der Waals surface area contributed by atoms with Crippen LogP contribution >= 0.6 is 52.7 Å². The Labute approximate surface area is 136 Å². The van der Waals surface area contributed by atoms with Crippen molar-refractivity contribution in [2.24, 2.45) is 0 Å². The Morgan fingerprint density at radius 2 is 1.28 bits per heavy atom. The van der Waals surface area contributed by atoms with Crippen molar-refractivity contribution in [3.63, 3.8) is 0 Å². The van der Waals surface area contributed by atoms with Gasteiger partial charge in [-0.1, -0.05) is 8.93 Å². The average molecular weight is 502 g/mol. The molecule has 6 heteroatoms. The predicted molar refractivity (Wildman–Crippen MR) is 90.9 cm³/mol. The van der Waals surface area contributed by atoms with Gasteiger partial charge in [0.1, 0.15) is 0 Å². The highest BCUT2D eigenvalue weighted by Crippen LogP contribution is 2.28. The van der Waals surface area contributed by atoms with Crippen molar-refractivity contribution in [1.82, 2.24) is 0 Å². The van der Waals surface area contributed by atoms with Crippen LogP contribution in [0.5, 0.6) is 0 Å². The summed E-state index contributed by atoms with van der Waals surface area (Å²) in [5.74, 6) is 0. The Balaban J connectivity index is 2.44. The highest BCUT2D eigenvalue weighted by Gasteiger charge is 2.17. The van der Waals surface area contributed by atoms with E-state index in [9.17, 15) is 8.42 Å². The number of hydrogen-bond acceptors (Lipinski definition) is 3. The third-order valence-corrected chi connectivity index (χ3v) is 6.83. The van der Waals surface area contributed by atoms with Gasteiger partial charge in [0.25, 0.3) is 0 Å². The molecule has 0 saturated carbocycles. The van der Waals surface area contributed by atoms with E-state index in [0.717, 1.165) is 8.47 Å². The second-order valence-electron chi connectivity index (χ2n) is 3.51. The molecule has 0 atom stereocenters. The number of hydrogen-bond donors (Lipinski definition) is 0. The van der Waals surface area contributed by atoms with Gasteiger partial charge in [-0.25, -0.2) is 8.42 Å². The average Bonchev–Trinajstić information content (AvgIpc) is 2.39. The molecule has 0 heterocycles. The highest BCUT2D eigenvalue weighted by atomic mass is 127. The molecule has 0 aliphatic rings. The standard InChI is InChI=1S/C12H8I2O2S2/c13-9-1-5-11(6-2-9)18(15,16)12-7-3-10(17-14)4-8-12/h1-8H. The summed E-state index contributed by atoms with van der Waals surface area (Å²) < 4.78 is 25.7. The van der Waals surface area contributed by atoms with Gasteiger partial charge in [-0.15, -0.1) is 0 Å². The van der Waals surface area contributed by atoms with Gasteiger partial charge in [-0.05, 0) is 71.1 Å². The second-order valence-corrected chi connectivity index (χ2v) is 8.65. The molecule has 0 aliphatic carbocycles. The van der Waals surface area contributed by atoms with Crippen molar-refractivity contribution < 1.29 is 8.42 Å². The molecule has 0 bridgehead atoms. The van der Waals surface area contributed by atoms with Crippen LogP contribution < -0.4 is 0 Å². The third-order valence-electron chi connectivity index (χ3n) is 2.35. The molecule has 0 spiro atoms. The van der Waals surface area contributed by atoms with Gasteiger partial charge in [0.2, 0.25) is 9.84 Å². The van der Waals surface area contributed by atoms with Crippen LogP contribution in [0.3, 0.4) is 0 Å². The van der Waals surface area contributed by atoms with Crippen LogP contribution in [-0.2, 0) is 9.84 Å². The molecule has 0 amide bonds.